The fraction of sp³-hybridized carbons (Fsp3) is 0.575. The number of nitrogens with two attached hydrogens (primary N) is 1. The maximum atomic E-state index is 15.0. The molecule has 19 heteroatoms. The molecule has 2 saturated carbocycles. The van der Waals surface area contributed by atoms with Crippen LogP contribution < -0.4 is 15.3 Å². The summed E-state index contributed by atoms with van der Waals surface area (Å²) in [6.07, 6.45) is 1.44. The highest BCUT2D eigenvalue weighted by atomic mass is 31.2. The number of carbonyl (C=O) groups is 4. The van der Waals surface area contributed by atoms with E-state index in [1.54, 1.807) is 52.0 Å². The summed E-state index contributed by atoms with van der Waals surface area (Å²) < 4.78 is 58.1. The second-order valence-electron chi connectivity index (χ2n) is 15.6. The Morgan fingerprint density at radius 2 is 1.54 bits per heavy atom. The van der Waals surface area contributed by atoms with Gasteiger partial charge < -0.3 is 33.9 Å². The summed E-state index contributed by atoms with van der Waals surface area (Å²) in [5.41, 5.74) is 4.25. The molecule has 0 spiro atoms. The van der Waals surface area contributed by atoms with E-state index in [0.29, 0.717) is 31.2 Å². The predicted molar refractivity (Wildman–Crippen MR) is 208 cm³/mol. The van der Waals surface area contributed by atoms with Gasteiger partial charge in [0.15, 0.2) is 18.0 Å². The Kier molecular flexibility index (Phi) is 13.9. The van der Waals surface area contributed by atoms with Gasteiger partial charge in [-0.2, -0.15) is 15.4 Å². The van der Waals surface area contributed by atoms with E-state index in [9.17, 15) is 24.4 Å². The number of nitriles is 1. The first-order valence-corrected chi connectivity index (χ1v) is 21.5. The molecule has 6 rings (SSSR count). The molecule has 18 nitrogen and oxygen atoms in total. The van der Waals surface area contributed by atoms with Crippen molar-refractivity contribution in [2.24, 2.45) is 11.8 Å². The van der Waals surface area contributed by atoms with Crippen molar-refractivity contribution >= 4 is 43.0 Å². The number of ether oxygens (including phenoxy) is 5. The predicted octanol–water partition coefficient (Wildman–Crippen LogP) is 5.09. The third kappa shape index (κ3) is 10.2. The number of rotatable bonds is 17. The van der Waals surface area contributed by atoms with Crippen LogP contribution in [-0.2, 0) is 57.6 Å². The smallest absolute Gasteiger partial charge is 0.459 e. The number of anilines is 1. The van der Waals surface area contributed by atoms with Crippen LogP contribution in [0.15, 0.2) is 48.8 Å². The molecule has 1 aromatic carbocycles. The van der Waals surface area contributed by atoms with Crippen molar-refractivity contribution in [3.05, 3.63) is 54.5 Å². The largest absolute Gasteiger partial charge is 0.462 e. The number of benzene rings is 1. The minimum absolute atomic E-state index is 0.0519. The lowest BCUT2D eigenvalue weighted by Crippen LogP contribution is -2.47. The summed E-state index contributed by atoms with van der Waals surface area (Å²) in [6, 6.07) is 11.6. The maximum Gasteiger partial charge on any atom is 0.459 e. The molecule has 3 aromatic rings. The van der Waals surface area contributed by atoms with Crippen molar-refractivity contribution < 1.29 is 56.5 Å². The Bertz CT molecular complexity index is 2060. The standard InChI is InChI=1S/C40H51N6O12P/c1-24(2)37(48)55-34-31(57-40(22-41,35(34)56-38(49)25(3)4)32-19-18-30-36(42)43-23-44-46(30)32)21-52-59(51,58-28-16-6-5-7-17-28)45-29(39(50)54-27-14-10-11-15-27)20-33(47)53-26-12-8-9-13-26/h5-7,16-19,23-27,29,31,34-35H,8-15,20-21H2,1-4H3,(H,45,51)(H2,42,43,44)/t29-,31+,34+,35+,40-,59-/m0/s1. The molecule has 2 aromatic heterocycles. The van der Waals surface area contributed by atoms with E-state index in [4.69, 9.17) is 38.5 Å². The quantitative estimate of drug-likeness (QED) is 0.102. The lowest BCUT2D eigenvalue weighted by molar-refractivity contribution is -0.173. The number of para-hydroxylation sites is 1. The molecule has 1 aliphatic heterocycles. The third-order valence-electron chi connectivity index (χ3n) is 10.4. The molecule has 3 N–H and O–H groups in total. The van der Waals surface area contributed by atoms with E-state index in [1.807, 2.05) is 0 Å². The molecule has 6 atom stereocenters. The highest BCUT2D eigenvalue weighted by Gasteiger charge is 2.63. The minimum Gasteiger partial charge on any atom is -0.462 e. The molecule has 1 saturated heterocycles. The summed E-state index contributed by atoms with van der Waals surface area (Å²) in [7, 11) is -4.75. The molecule has 59 heavy (non-hydrogen) atoms. The lowest BCUT2D eigenvalue weighted by Gasteiger charge is -2.29. The first-order chi connectivity index (χ1) is 28.2. The molecule has 318 valence electrons. The number of hydrogen-bond donors (Lipinski definition) is 2. The van der Waals surface area contributed by atoms with Crippen LogP contribution in [0.4, 0.5) is 5.82 Å². The minimum atomic E-state index is -4.75. The Morgan fingerprint density at radius 3 is 2.17 bits per heavy atom. The van der Waals surface area contributed by atoms with Gasteiger partial charge in [-0.15, -0.1) is 0 Å². The number of fused-ring (bicyclic) bond motifs is 1. The number of nitrogens with zero attached hydrogens (tertiary/aromatic N) is 4. The van der Waals surface area contributed by atoms with Gasteiger partial charge in [0.25, 0.3) is 0 Å². The zero-order valence-electron chi connectivity index (χ0n) is 33.5. The summed E-state index contributed by atoms with van der Waals surface area (Å²) in [4.78, 5) is 57.7. The second-order valence-corrected chi connectivity index (χ2v) is 17.3. The second kappa shape index (κ2) is 18.9. The van der Waals surface area contributed by atoms with Gasteiger partial charge in [-0.3, -0.25) is 23.7 Å². The topological polar surface area (TPSA) is 242 Å². The van der Waals surface area contributed by atoms with Gasteiger partial charge in [0.05, 0.1) is 30.6 Å². The third-order valence-corrected chi connectivity index (χ3v) is 12.0. The summed E-state index contributed by atoms with van der Waals surface area (Å²) >= 11 is 0. The molecule has 0 bridgehead atoms. The van der Waals surface area contributed by atoms with Crippen LogP contribution in [0.2, 0.25) is 0 Å². The monoisotopic (exact) mass is 838 g/mol. The van der Waals surface area contributed by atoms with E-state index < -0.39 is 92.5 Å². The van der Waals surface area contributed by atoms with Gasteiger partial charge >= 0.3 is 31.6 Å². The van der Waals surface area contributed by atoms with Gasteiger partial charge in [-0.25, -0.2) is 14.1 Å². The van der Waals surface area contributed by atoms with Crippen molar-refractivity contribution in [1.82, 2.24) is 19.7 Å². The summed E-state index contributed by atoms with van der Waals surface area (Å²) in [5, 5.41) is 17.9. The molecule has 0 amide bonds. The molecular weight excluding hydrogens is 787 g/mol. The molecule has 3 fully saturated rings. The summed E-state index contributed by atoms with van der Waals surface area (Å²) in [6.45, 7) is 5.62. The van der Waals surface area contributed by atoms with Gasteiger partial charge in [-0.1, -0.05) is 45.9 Å². The van der Waals surface area contributed by atoms with Crippen molar-refractivity contribution in [2.75, 3.05) is 12.3 Å². The van der Waals surface area contributed by atoms with Crippen molar-refractivity contribution in [2.45, 2.75) is 128 Å². The average molecular weight is 839 g/mol. The summed E-state index contributed by atoms with van der Waals surface area (Å²) in [5.74, 6) is -4.25. The van der Waals surface area contributed by atoms with E-state index in [-0.39, 0.29) is 23.4 Å². The number of carbonyl (C=O) groups excluding carboxylic acids is 4. The van der Waals surface area contributed by atoms with Gasteiger partial charge in [0.2, 0.25) is 5.60 Å². The van der Waals surface area contributed by atoms with Crippen LogP contribution in [0.1, 0.15) is 91.2 Å². The maximum absolute atomic E-state index is 15.0. The molecule has 2 aliphatic carbocycles. The van der Waals surface area contributed by atoms with Crippen LogP contribution in [0.25, 0.3) is 5.52 Å². The first-order valence-electron chi connectivity index (χ1n) is 20.0. The van der Waals surface area contributed by atoms with Crippen molar-refractivity contribution in [3.63, 3.8) is 0 Å². The van der Waals surface area contributed by atoms with Gasteiger partial charge in [-0.05, 0) is 75.6 Å². The molecule has 0 unspecified atom stereocenters. The van der Waals surface area contributed by atoms with E-state index in [2.05, 4.69) is 21.2 Å². The molecular formula is C40H51N6O12P. The van der Waals surface area contributed by atoms with E-state index in [0.717, 1.165) is 25.7 Å². The van der Waals surface area contributed by atoms with Crippen LogP contribution in [0.3, 0.4) is 0 Å². The number of hydrogen-bond acceptors (Lipinski definition) is 16. The Morgan fingerprint density at radius 1 is 0.915 bits per heavy atom. The molecule has 3 heterocycles. The Labute approximate surface area is 341 Å². The van der Waals surface area contributed by atoms with Crippen molar-refractivity contribution in [1.29, 1.82) is 5.26 Å². The van der Waals surface area contributed by atoms with E-state index in [1.165, 1.54) is 29.0 Å². The average Bonchev–Trinajstić information content (AvgIpc) is 4.03. The number of aromatic nitrogens is 3. The normalized spacial score (nSPS) is 23.8. The zero-order valence-corrected chi connectivity index (χ0v) is 34.4. The fourth-order valence-electron chi connectivity index (χ4n) is 7.25. The Balaban J connectivity index is 1.37. The molecule has 3 aliphatic rings. The van der Waals surface area contributed by atoms with Gasteiger partial charge in [0, 0.05) is 0 Å². The van der Waals surface area contributed by atoms with E-state index >= 15 is 4.57 Å². The van der Waals surface area contributed by atoms with Crippen LogP contribution in [0, 0.1) is 23.2 Å². The highest BCUT2D eigenvalue weighted by molar-refractivity contribution is 7.52. The molecule has 0 radical (unpaired) electrons. The fourth-order valence-corrected chi connectivity index (χ4v) is 8.75. The van der Waals surface area contributed by atoms with Crippen LogP contribution in [-0.4, -0.2) is 81.6 Å². The number of nitrogens with one attached hydrogen (secondary N) is 1. The lowest BCUT2D eigenvalue weighted by atomic mass is 9.92. The highest BCUT2D eigenvalue weighted by Crippen LogP contribution is 2.49. The van der Waals surface area contributed by atoms with Gasteiger partial charge in [0.1, 0.15) is 48.0 Å². The Hall–Kier alpha value is -5.08. The number of esters is 4. The van der Waals surface area contributed by atoms with Crippen LogP contribution in [0.5, 0.6) is 5.75 Å². The van der Waals surface area contributed by atoms with Crippen molar-refractivity contribution in [3.8, 4) is 11.8 Å². The SMILES string of the molecule is CC(C)C(=O)O[C@H]1[C@@H](OC(=O)C(C)C)[C@](C#N)(c2ccc3c(N)ncnn23)O[C@@H]1CO[P@@](=O)(N[C@@H](CC(=O)OC1CCCC1)C(=O)OC1CCCC1)Oc1ccccc1. The first kappa shape index (κ1) is 43.5. The van der Waals surface area contributed by atoms with Crippen LogP contribution >= 0.6 is 7.75 Å². The zero-order chi connectivity index (χ0) is 42.3. The number of nitrogen functional groups attached to an aromatic ring is 1.